The number of aromatic nitrogens is 1. The van der Waals surface area contributed by atoms with Crippen LogP contribution in [-0.2, 0) is 0 Å². The van der Waals surface area contributed by atoms with Gasteiger partial charge in [0.25, 0.3) is 5.91 Å². The van der Waals surface area contributed by atoms with Gasteiger partial charge in [-0.2, -0.15) is 0 Å². The number of nitrogens with zero attached hydrogens (tertiary/aromatic N) is 1. The highest BCUT2D eigenvalue weighted by molar-refractivity contribution is 9.10. The molecule has 5 heteroatoms. The minimum atomic E-state index is -0.187. The normalized spacial score (nSPS) is 10.2. The van der Waals surface area contributed by atoms with Crippen molar-refractivity contribution in [3.63, 3.8) is 0 Å². The number of benzene rings is 1. The van der Waals surface area contributed by atoms with Gasteiger partial charge < -0.3 is 10.6 Å². The number of amides is 1. The van der Waals surface area contributed by atoms with Gasteiger partial charge in [0.15, 0.2) is 0 Å². The Morgan fingerprint density at radius 3 is 2.40 bits per heavy atom. The molecule has 0 atom stereocenters. The van der Waals surface area contributed by atoms with E-state index >= 15 is 0 Å². The standard InChI is InChI=1S/C15H16BrN3O/c1-9-4-10(2)6-12(5-9)19-15(20)13-7-11(16)8-18-14(13)17-3/h4-8H,1-3H3,(H,17,18)(H,19,20). The minimum absolute atomic E-state index is 0.187. The van der Waals surface area contributed by atoms with Crippen LogP contribution in [0.15, 0.2) is 34.9 Å². The highest BCUT2D eigenvalue weighted by Gasteiger charge is 2.13. The molecule has 1 heterocycles. The van der Waals surface area contributed by atoms with Crippen LogP contribution in [0.4, 0.5) is 11.5 Å². The summed E-state index contributed by atoms with van der Waals surface area (Å²) in [7, 11) is 1.74. The third-order valence-electron chi connectivity index (χ3n) is 2.82. The number of hydrogen-bond donors (Lipinski definition) is 2. The lowest BCUT2D eigenvalue weighted by Crippen LogP contribution is -2.15. The number of carbonyl (C=O) groups excluding carboxylic acids is 1. The van der Waals surface area contributed by atoms with E-state index in [2.05, 4.69) is 37.6 Å². The molecule has 0 aliphatic heterocycles. The van der Waals surface area contributed by atoms with Crippen LogP contribution in [0.2, 0.25) is 0 Å². The van der Waals surface area contributed by atoms with Crippen LogP contribution in [0.5, 0.6) is 0 Å². The summed E-state index contributed by atoms with van der Waals surface area (Å²) in [6, 6.07) is 7.69. The fourth-order valence-corrected chi connectivity index (χ4v) is 2.39. The number of halogens is 1. The van der Waals surface area contributed by atoms with E-state index in [-0.39, 0.29) is 5.91 Å². The highest BCUT2D eigenvalue weighted by atomic mass is 79.9. The molecule has 0 radical (unpaired) electrons. The van der Waals surface area contributed by atoms with E-state index in [0.29, 0.717) is 11.4 Å². The Balaban J connectivity index is 2.30. The summed E-state index contributed by atoms with van der Waals surface area (Å²) in [5.41, 5.74) is 3.51. The number of pyridine rings is 1. The molecule has 104 valence electrons. The van der Waals surface area contributed by atoms with E-state index < -0.39 is 0 Å². The van der Waals surface area contributed by atoms with Crippen molar-refractivity contribution in [2.24, 2.45) is 0 Å². The molecule has 2 aromatic rings. The molecule has 1 aromatic carbocycles. The third kappa shape index (κ3) is 3.36. The van der Waals surface area contributed by atoms with Crippen LogP contribution in [0.1, 0.15) is 21.5 Å². The molecule has 0 saturated carbocycles. The van der Waals surface area contributed by atoms with Gasteiger partial charge in [-0.1, -0.05) is 6.07 Å². The number of anilines is 2. The molecular weight excluding hydrogens is 318 g/mol. The van der Waals surface area contributed by atoms with Gasteiger partial charge in [-0.25, -0.2) is 4.98 Å². The maximum Gasteiger partial charge on any atom is 0.259 e. The highest BCUT2D eigenvalue weighted by Crippen LogP contribution is 2.20. The molecule has 1 aromatic heterocycles. The lowest BCUT2D eigenvalue weighted by molar-refractivity contribution is 0.102. The molecule has 0 saturated heterocycles. The molecule has 4 nitrogen and oxygen atoms in total. The first-order valence-corrected chi connectivity index (χ1v) is 7.02. The Morgan fingerprint density at radius 2 is 1.80 bits per heavy atom. The Labute approximate surface area is 126 Å². The van der Waals surface area contributed by atoms with Crippen LogP contribution >= 0.6 is 15.9 Å². The van der Waals surface area contributed by atoms with E-state index in [4.69, 9.17) is 0 Å². The number of rotatable bonds is 3. The van der Waals surface area contributed by atoms with Crippen LogP contribution in [0, 0.1) is 13.8 Å². The maximum absolute atomic E-state index is 12.4. The summed E-state index contributed by atoms with van der Waals surface area (Å²) >= 11 is 3.33. The van der Waals surface area contributed by atoms with Gasteiger partial charge in [0.2, 0.25) is 0 Å². The van der Waals surface area contributed by atoms with Crippen LogP contribution in [0.25, 0.3) is 0 Å². The van der Waals surface area contributed by atoms with Crippen LogP contribution in [0.3, 0.4) is 0 Å². The van der Waals surface area contributed by atoms with Gasteiger partial charge in [-0.15, -0.1) is 0 Å². The summed E-state index contributed by atoms with van der Waals surface area (Å²) < 4.78 is 0.766. The Bertz CT molecular complexity index is 635. The fraction of sp³-hybridized carbons (Fsp3) is 0.200. The zero-order valence-electron chi connectivity index (χ0n) is 11.6. The van der Waals surface area contributed by atoms with Crippen molar-refractivity contribution in [2.75, 3.05) is 17.7 Å². The number of hydrogen-bond acceptors (Lipinski definition) is 3. The smallest absolute Gasteiger partial charge is 0.259 e. The van der Waals surface area contributed by atoms with Gasteiger partial charge >= 0.3 is 0 Å². The molecule has 20 heavy (non-hydrogen) atoms. The first-order chi connectivity index (χ1) is 9.49. The predicted molar refractivity (Wildman–Crippen MR) is 85.4 cm³/mol. The van der Waals surface area contributed by atoms with E-state index in [1.165, 1.54) is 0 Å². The monoisotopic (exact) mass is 333 g/mol. The van der Waals surface area contributed by atoms with E-state index in [1.807, 2.05) is 26.0 Å². The summed E-state index contributed by atoms with van der Waals surface area (Å²) in [5, 5.41) is 5.82. The molecule has 2 rings (SSSR count). The van der Waals surface area contributed by atoms with Gasteiger partial charge in [0.05, 0.1) is 5.56 Å². The van der Waals surface area contributed by atoms with Gasteiger partial charge in [0, 0.05) is 23.4 Å². The van der Waals surface area contributed by atoms with E-state index in [0.717, 1.165) is 21.3 Å². The zero-order valence-corrected chi connectivity index (χ0v) is 13.2. The van der Waals surface area contributed by atoms with Crippen molar-refractivity contribution >= 4 is 33.3 Å². The molecule has 0 fully saturated rings. The summed E-state index contributed by atoms with van der Waals surface area (Å²) in [6.07, 6.45) is 1.65. The third-order valence-corrected chi connectivity index (χ3v) is 3.25. The molecule has 0 bridgehead atoms. The van der Waals surface area contributed by atoms with Crippen LogP contribution < -0.4 is 10.6 Å². The lowest BCUT2D eigenvalue weighted by Gasteiger charge is -2.10. The Hall–Kier alpha value is -1.88. The molecule has 0 spiro atoms. The van der Waals surface area contributed by atoms with Gasteiger partial charge in [-0.05, 0) is 59.1 Å². The molecule has 1 amide bonds. The average molecular weight is 334 g/mol. The van der Waals surface area contributed by atoms with Crippen molar-refractivity contribution in [3.8, 4) is 0 Å². The summed E-state index contributed by atoms with van der Waals surface area (Å²) in [5.74, 6) is 0.364. The molecule has 0 unspecified atom stereocenters. The second kappa shape index (κ2) is 6.05. The fourth-order valence-electron chi connectivity index (χ4n) is 2.06. The largest absolute Gasteiger partial charge is 0.372 e. The van der Waals surface area contributed by atoms with E-state index in [9.17, 15) is 4.79 Å². The first kappa shape index (κ1) is 14.5. The van der Waals surface area contributed by atoms with Crippen molar-refractivity contribution < 1.29 is 4.79 Å². The second-order valence-electron chi connectivity index (χ2n) is 4.63. The molecule has 0 aliphatic carbocycles. The van der Waals surface area contributed by atoms with Gasteiger partial charge in [0.1, 0.15) is 5.82 Å². The topological polar surface area (TPSA) is 54.0 Å². The van der Waals surface area contributed by atoms with Crippen molar-refractivity contribution in [2.45, 2.75) is 13.8 Å². The maximum atomic E-state index is 12.4. The summed E-state index contributed by atoms with van der Waals surface area (Å²) in [6.45, 7) is 4.00. The number of aryl methyl sites for hydroxylation is 2. The molecule has 0 aliphatic rings. The summed E-state index contributed by atoms with van der Waals surface area (Å²) in [4.78, 5) is 16.5. The molecule has 2 N–H and O–H groups in total. The van der Waals surface area contributed by atoms with Crippen molar-refractivity contribution in [3.05, 3.63) is 51.6 Å². The number of carbonyl (C=O) groups is 1. The zero-order chi connectivity index (χ0) is 14.7. The predicted octanol–water partition coefficient (Wildman–Crippen LogP) is 3.75. The Morgan fingerprint density at radius 1 is 1.15 bits per heavy atom. The first-order valence-electron chi connectivity index (χ1n) is 6.22. The van der Waals surface area contributed by atoms with Gasteiger partial charge in [-0.3, -0.25) is 4.79 Å². The van der Waals surface area contributed by atoms with E-state index in [1.54, 1.807) is 19.3 Å². The lowest BCUT2D eigenvalue weighted by atomic mass is 10.1. The van der Waals surface area contributed by atoms with Crippen molar-refractivity contribution in [1.29, 1.82) is 0 Å². The van der Waals surface area contributed by atoms with Crippen molar-refractivity contribution in [1.82, 2.24) is 4.98 Å². The quantitative estimate of drug-likeness (QED) is 0.899. The Kier molecular flexibility index (Phi) is 4.39. The minimum Gasteiger partial charge on any atom is -0.372 e. The van der Waals surface area contributed by atoms with Crippen LogP contribution in [-0.4, -0.2) is 17.9 Å². The second-order valence-corrected chi connectivity index (χ2v) is 5.55. The molecular formula is C15H16BrN3O. The average Bonchev–Trinajstić information content (AvgIpc) is 2.37. The SMILES string of the molecule is CNc1ncc(Br)cc1C(=O)Nc1cc(C)cc(C)c1. The number of nitrogens with one attached hydrogen (secondary N) is 2.